The third-order valence-electron chi connectivity index (χ3n) is 2.18. The van der Waals surface area contributed by atoms with E-state index in [1.165, 1.54) is 12.1 Å². The fourth-order valence-corrected chi connectivity index (χ4v) is 1.42. The summed E-state index contributed by atoms with van der Waals surface area (Å²) in [5.74, 6) is -1.40. The number of nitriles is 1. The highest BCUT2D eigenvalue weighted by atomic mass is 19.3. The first kappa shape index (κ1) is 13.9. The minimum absolute atomic E-state index is 0.0737. The normalized spacial score (nSPS) is 10.0. The predicted octanol–water partition coefficient (Wildman–Crippen LogP) is 1.40. The minimum atomic E-state index is -3.16. The molecule has 0 spiro atoms. The van der Waals surface area contributed by atoms with Crippen LogP contribution in [-0.4, -0.2) is 19.7 Å². The number of alkyl halides is 2. The van der Waals surface area contributed by atoms with Crippen LogP contribution in [0.5, 0.6) is 5.75 Å². The lowest BCUT2D eigenvalue weighted by Crippen LogP contribution is -2.15. The van der Waals surface area contributed by atoms with Gasteiger partial charge < -0.3 is 15.2 Å². The van der Waals surface area contributed by atoms with Gasteiger partial charge in [-0.2, -0.15) is 14.0 Å². The first-order valence-electron chi connectivity index (χ1n) is 4.84. The fourth-order valence-electron chi connectivity index (χ4n) is 1.42. The number of esters is 1. The quantitative estimate of drug-likeness (QED) is 0.823. The molecule has 0 heterocycles. The van der Waals surface area contributed by atoms with E-state index in [4.69, 9.17) is 11.0 Å². The Morgan fingerprint density at radius 1 is 1.56 bits per heavy atom. The van der Waals surface area contributed by atoms with E-state index in [0.717, 1.165) is 7.11 Å². The van der Waals surface area contributed by atoms with Gasteiger partial charge in [0.1, 0.15) is 11.6 Å². The molecule has 1 aromatic carbocycles. The van der Waals surface area contributed by atoms with Gasteiger partial charge in [-0.1, -0.05) is 6.07 Å². The first-order chi connectivity index (χ1) is 8.54. The van der Waals surface area contributed by atoms with E-state index in [1.807, 2.05) is 0 Å². The number of nitrogens with zero attached hydrogens (tertiary/aromatic N) is 1. The van der Waals surface area contributed by atoms with Gasteiger partial charge >= 0.3 is 12.6 Å². The van der Waals surface area contributed by atoms with Crippen molar-refractivity contribution in [3.05, 3.63) is 28.8 Å². The summed E-state index contributed by atoms with van der Waals surface area (Å²) < 4.78 is 33.3. The maximum absolute atomic E-state index is 12.3. The number of hydrogen-bond acceptors (Lipinski definition) is 5. The molecule has 0 aliphatic rings. The maximum Gasteiger partial charge on any atom is 0.387 e. The smallest absolute Gasteiger partial charge is 0.387 e. The Bertz CT molecular complexity index is 498. The molecule has 0 amide bonds. The summed E-state index contributed by atoms with van der Waals surface area (Å²) in [5, 5.41) is 8.82. The molecule has 18 heavy (non-hydrogen) atoms. The van der Waals surface area contributed by atoms with E-state index < -0.39 is 18.3 Å². The Morgan fingerprint density at radius 2 is 2.22 bits per heavy atom. The number of rotatable bonds is 4. The molecule has 1 rings (SSSR count). The van der Waals surface area contributed by atoms with Crippen LogP contribution in [0.1, 0.15) is 21.5 Å². The molecule has 0 unspecified atom stereocenters. The van der Waals surface area contributed by atoms with Gasteiger partial charge in [0.05, 0.1) is 12.7 Å². The average molecular weight is 256 g/mol. The van der Waals surface area contributed by atoms with Gasteiger partial charge in [-0.05, 0) is 11.6 Å². The highest BCUT2D eigenvalue weighted by Crippen LogP contribution is 2.29. The van der Waals surface area contributed by atoms with Crippen molar-refractivity contribution in [3.8, 4) is 11.8 Å². The summed E-state index contributed by atoms with van der Waals surface area (Å²) in [7, 11) is 1.09. The molecule has 0 saturated carbocycles. The third-order valence-corrected chi connectivity index (χ3v) is 2.18. The second-order valence-electron chi connectivity index (χ2n) is 3.16. The first-order valence-corrected chi connectivity index (χ1v) is 4.84. The molecule has 0 radical (unpaired) electrons. The highest BCUT2D eigenvalue weighted by Gasteiger charge is 2.23. The summed E-state index contributed by atoms with van der Waals surface area (Å²) in [5.41, 5.74) is 5.22. The molecule has 0 aliphatic heterocycles. The molecule has 5 nitrogen and oxygen atoms in total. The number of ether oxygens (including phenoxy) is 2. The van der Waals surface area contributed by atoms with Crippen molar-refractivity contribution < 1.29 is 23.0 Å². The SMILES string of the molecule is COC(=O)c1c(CN)ccc(C#N)c1OC(F)F. The van der Waals surface area contributed by atoms with E-state index in [2.05, 4.69) is 9.47 Å². The summed E-state index contributed by atoms with van der Waals surface area (Å²) in [6.07, 6.45) is 0. The number of carbonyl (C=O) groups excluding carboxylic acids is 1. The van der Waals surface area contributed by atoms with Gasteiger partial charge in [0.25, 0.3) is 0 Å². The zero-order chi connectivity index (χ0) is 13.7. The van der Waals surface area contributed by atoms with Crippen molar-refractivity contribution in [2.45, 2.75) is 13.2 Å². The zero-order valence-electron chi connectivity index (χ0n) is 9.44. The van der Waals surface area contributed by atoms with Gasteiger partial charge in [0, 0.05) is 6.54 Å². The molecule has 0 fully saturated rings. The lowest BCUT2D eigenvalue weighted by atomic mass is 10.0. The van der Waals surface area contributed by atoms with Crippen LogP contribution < -0.4 is 10.5 Å². The van der Waals surface area contributed by atoms with Gasteiger partial charge in [-0.3, -0.25) is 0 Å². The Balaban J connectivity index is 3.48. The Kier molecular flexibility index (Phi) is 4.57. The number of nitrogens with two attached hydrogens (primary N) is 1. The van der Waals surface area contributed by atoms with E-state index in [1.54, 1.807) is 6.07 Å². The maximum atomic E-state index is 12.3. The lowest BCUT2D eigenvalue weighted by Gasteiger charge is -2.14. The van der Waals surface area contributed by atoms with Crippen molar-refractivity contribution in [2.75, 3.05) is 7.11 Å². The van der Waals surface area contributed by atoms with Crippen molar-refractivity contribution >= 4 is 5.97 Å². The lowest BCUT2D eigenvalue weighted by molar-refractivity contribution is -0.0506. The second kappa shape index (κ2) is 5.93. The van der Waals surface area contributed by atoms with E-state index >= 15 is 0 Å². The number of methoxy groups -OCH3 is 1. The number of hydrogen-bond donors (Lipinski definition) is 1. The molecule has 0 aliphatic carbocycles. The van der Waals surface area contributed by atoms with Gasteiger partial charge in [0.15, 0.2) is 5.75 Å². The molecule has 2 N–H and O–H groups in total. The highest BCUT2D eigenvalue weighted by molar-refractivity contribution is 5.95. The van der Waals surface area contributed by atoms with Crippen LogP contribution in [0.15, 0.2) is 12.1 Å². The van der Waals surface area contributed by atoms with Crippen LogP contribution in [0.2, 0.25) is 0 Å². The largest absolute Gasteiger partial charge is 0.465 e. The average Bonchev–Trinajstić information content (AvgIpc) is 2.36. The van der Waals surface area contributed by atoms with Gasteiger partial charge in [-0.25, -0.2) is 4.79 Å². The molecule has 7 heteroatoms. The molecule has 1 aromatic rings. The van der Waals surface area contributed by atoms with Crippen molar-refractivity contribution in [1.82, 2.24) is 0 Å². The molecule has 0 bridgehead atoms. The molecule has 96 valence electrons. The summed E-state index contributed by atoms with van der Waals surface area (Å²) in [6, 6.07) is 4.31. The summed E-state index contributed by atoms with van der Waals surface area (Å²) in [4.78, 5) is 11.6. The molecular formula is C11H10F2N2O3. The minimum Gasteiger partial charge on any atom is -0.465 e. The number of carbonyl (C=O) groups is 1. The second-order valence-corrected chi connectivity index (χ2v) is 3.16. The van der Waals surface area contributed by atoms with E-state index in [9.17, 15) is 13.6 Å². The number of halogens is 2. The summed E-state index contributed by atoms with van der Waals surface area (Å²) in [6.45, 7) is -3.23. The third kappa shape index (κ3) is 2.73. The van der Waals surface area contributed by atoms with Crippen LogP contribution in [-0.2, 0) is 11.3 Å². The zero-order valence-corrected chi connectivity index (χ0v) is 9.44. The predicted molar refractivity (Wildman–Crippen MR) is 57.0 cm³/mol. The van der Waals surface area contributed by atoms with E-state index in [0.29, 0.717) is 0 Å². The fraction of sp³-hybridized carbons (Fsp3) is 0.273. The van der Waals surface area contributed by atoms with Crippen LogP contribution >= 0.6 is 0 Å². The van der Waals surface area contributed by atoms with Crippen molar-refractivity contribution in [1.29, 1.82) is 5.26 Å². The topological polar surface area (TPSA) is 85.3 Å². The van der Waals surface area contributed by atoms with Gasteiger partial charge in [-0.15, -0.1) is 0 Å². The van der Waals surface area contributed by atoms with Crippen molar-refractivity contribution in [3.63, 3.8) is 0 Å². The monoisotopic (exact) mass is 256 g/mol. The van der Waals surface area contributed by atoms with Crippen molar-refractivity contribution in [2.24, 2.45) is 5.73 Å². The Labute approximate surface area is 102 Å². The standard InChI is InChI=1S/C11H10F2N2O3/c1-17-10(16)8-6(4-14)2-3-7(5-15)9(8)18-11(12)13/h2-3,11H,4,14H2,1H3. The van der Waals surface area contributed by atoms with Crippen LogP contribution in [0, 0.1) is 11.3 Å². The number of benzene rings is 1. The van der Waals surface area contributed by atoms with Crippen LogP contribution in [0.25, 0.3) is 0 Å². The van der Waals surface area contributed by atoms with Crippen LogP contribution in [0.4, 0.5) is 8.78 Å². The van der Waals surface area contributed by atoms with E-state index in [-0.39, 0.29) is 23.2 Å². The van der Waals surface area contributed by atoms with Crippen LogP contribution in [0.3, 0.4) is 0 Å². The Hall–Kier alpha value is -2.20. The Morgan fingerprint density at radius 3 is 2.67 bits per heavy atom. The molecule has 0 atom stereocenters. The summed E-state index contributed by atoms with van der Waals surface area (Å²) >= 11 is 0. The van der Waals surface area contributed by atoms with Gasteiger partial charge in [0.2, 0.25) is 0 Å². The molecule has 0 aromatic heterocycles. The molecular weight excluding hydrogens is 246 g/mol. The molecule has 0 saturated heterocycles.